The number of nitrogens with zero attached hydrogens (tertiary/aromatic N) is 1. The van der Waals surface area contributed by atoms with Gasteiger partial charge in [-0.3, -0.25) is 0 Å². The SMILES string of the molecule is CSCC(C)N(C)C(=O)Nc1ccc(Br)cc1C(=O)O. The molecule has 0 heterocycles. The second-order valence-electron chi connectivity index (χ2n) is 4.34. The Balaban J connectivity index is 2.88. The second kappa shape index (κ2) is 7.54. The molecule has 1 aromatic rings. The van der Waals surface area contributed by atoms with E-state index in [4.69, 9.17) is 5.11 Å². The van der Waals surface area contributed by atoms with Crippen LogP contribution in [0.15, 0.2) is 22.7 Å². The summed E-state index contributed by atoms with van der Waals surface area (Å²) in [6.07, 6.45) is 1.97. The van der Waals surface area contributed by atoms with Crippen molar-refractivity contribution in [1.29, 1.82) is 0 Å². The molecule has 0 spiro atoms. The first-order chi connectivity index (χ1) is 9.36. The number of aromatic carboxylic acids is 1. The molecular weight excluding hydrogens is 344 g/mol. The molecule has 1 unspecified atom stereocenters. The van der Waals surface area contributed by atoms with Crippen molar-refractivity contribution < 1.29 is 14.7 Å². The van der Waals surface area contributed by atoms with Crippen LogP contribution in [0.2, 0.25) is 0 Å². The van der Waals surface area contributed by atoms with E-state index in [1.165, 1.54) is 6.07 Å². The number of urea groups is 1. The van der Waals surface area contributed by atoms with Crippen molar-refractivity contribution >= 4 is 45.4 Å². The Morgan fingerprint density at radius 1 is 1.50 bits per heavy atom. The lowest BCUT2D eigenvalue weighted by Gasteiger charge is -2.25. The lowest BCUT2D eigenvalue weighted by atomic mass is 10.2. The maximum Gasteiger partial charge on any atom is 0.337 e. The number of hydrogen-bond acceptors (Lipinski definition) is 3. The minimum atomic E-state index is -1.08. The number of amides is 2. The van der Waals surface area contributed by atoms with Crippen LogP contribution < -0.4 is 5.32 Å². The van der Waals surface area contributed by atoms with E-state index >= 15 is 0 Å². The summed E-state index contributed by atoms with van der Waals surface area (Å²) in [5.74, 6) is -0.267. The van der Waals surface area contributed by atoms with Crippen LogP contribution in [0.4, 0.5) is 10.5 Å². The van der Waals surface area contributed by atoms with Gasteiger partial charge < -0.3 is 15.3 Å². The van der Waals surface area contributed by atoms with E-state index in [0.29, 0.717) is 4.47 Å². The first-order valence-electron chi connectivity index (χ1n) is 5.92. The van der Waals surface area contributed by atoms with Crippen LogP contribution in [0.25, 0.3) is 0 Å². The highest BCUT2D eigenvalue weighted by Gasteiger charge is 2.18. The molecule has 0 aliphatic heterocycles. The number of anilines is 1. The van der Waals surface area contributed by atoms with Gasteiger partial charge in [0.15, 0.2) is 0 Å². The van der Waals surface area contributed by atoms with E-state index in [0.717, 1.165) is 5.75 Å². The Morgan fingerprint density at radius 2 is 2.15 bits per heavy atom. The van der Waals surface area contributed by atoms with E-state index in [-0.39, 0.29) is 23.3 Å². The van der Waals surface area contributed by atoms with Crippen molar-refractivity contribution in [3.63, 3.8) is 0 Å². The number of nitrogens with one attached hydrogen (secondary N) is 1. The molecule has 1 aromatic carbocycles. The van der Waals surface area contributed by atoms with Crippen molar-refractivity contribution in [2.45, 2.75) is 13.0 Å². The highest BCUT2D eigenvalue weighted by molar-refractivity contribution is 9.10. The van der Waals surface area contributed by atoms with Gasteiger partial charge in [-0.05, 0) is 31.4 Å². The van der Waals surface area contributed by atoms with Gasteiger partial charge in [-0.2, -0.15) is 11.8 Å². The third-order valence-corrected chi connectivity index (χ3v) is 4.15. The van der Waals surface area contributed by atoms with E-state index in [1.54, 1.807) is 35.8 Å². The van der Waals surface area contributed by atoms with Gasteiger partial charge in [-0.25, -0.2) is 9.59 Å². The molecular formula is C13H17BrN2O3S. The number of hydrogen-bond donors (Lipinski definition) is 2. The van der Waals surface area contributed by atoms with Crippen LogP contribution in [-0.4, -0.2) is 47.1 Å². The quantitative estimate of drug-likeness (QED) is 0.844. The van der Waals surface area contributed by atoms with Crippen LogP contribution >= 0.6 is 27.7 Å². The Hall–Kier alpha value is -1.21. The maximum absolute atomic E-state index is 12.1. The summed E-state index contributed by atoms with van der Waals surface area (Å²) < 4.78 is 0.650. The normalized spacial score (nSPS) is 11.8. The summed E-state index contributed by atoms with van der Waals surface area (Å²) in [6, 6.07) is 4.46. The Morgan fingerprint density at radius 3 is 2.70 bits per heavy atom. The molecule has 0 aliphatic rings. The third kappa shape index (κ3) is 4.42. The second-order valence-corrected chi connectivity index (χ2v) is 6.17. The molecule has 110 valence electrons. The van der Waals surface area contributed by atoms with Crippen molar-refractivity contribution in [3.05, 3.63) is 28.2 Å². The molecule has 2 amide bonds. The first kappa shape index (κ1) is 16.8. The van der Waals surface area contributed by atoms with Crippen molar-refractivity contribution in [3.8, 4) is 0 Å². The molecule has 0 saturated heterocycles. The highest BCUT2D eigenvalue weighted by Crippen LogP contribution is 2.21. The molecule has 1 atom stereocenters. The van der Waals surface area contributed by atoms with Gasteiger partial charge in [0, 0.05) is 23.3 Å². The number of halogens is 1. The van der Waals surface area contributed by atoms with Gasteiger partial charge in [-0.15, -0.1) is 0 Å². The zero-order valence-corrected chi connectivity index (χ0v) is 13.9. The maximum atomic E-state index is 12.1. The fourth-order valence-corrected chi connectivity index (χ4v) is 2.63. The summed E-state index contributed by atoms with van der Waals surface area (Å²) in [5.41, 5.74) is 0.340. The minimum Gasteiger partial charge on any atom is -0.478 e. The largest absolute Gasteiger partial charge is 0.478 e. The van der Waals surface area contributed by atoms with Crippen LogP contribution in [0, 0.1) is 0 Å². The van der Waals surface area contributed by atoms with Crippen LogP contribution in [0.3, 0.4) is 0 Å². The third-order valence-electron chi connectivity index (χ3n) is 2.84. The van der Waals surface area contributed by atoms with Crippen molar-refractivity contribution in [1.82, 2.24) is 4.90 Å². The van der Waals surface area contributed by atoms with Crippen LogP contribution in [-0.2, 0) is 0 Å². The van der Waals surface area contributed by atoms with Crippen LogP contribution in [0.5, 0.6) is 0 Å². The Labute approximate surface area is 130 Å². The molecule has 0 aliphatic carbocycles. The molecule has 0 aromatic heterocycles. The van der Waals surface area contributed by atoms with Gasteiger partial charge in [0.1, 0.15) is 0 Å². The smallest absolute Gasteiger partial charge is 0.337 e. The molecule has 0 saturated carbocycles. The molecule has 2 N–H and O–H groups in total. The molecule has 5 nitrogen and oxygen atoms in total. The summed E-state index contributed by atoms with van der Waals surface area (Å²) in [7, 11) is 1.69. The first-order valence-corrected chi connectivity index (χ1v) is 8.11. The molecule has 0 fully saturated rings. The molecule has 0 bridgehead atoms. The predicted octanol–water partition coefficient (Wildman–Crippen LogP) is 3.36. The van der Waals surface area contributed by atoms with Gasteiger partial charge in [-0.1, -0.05) is 15.9 Å². The number of thioether (sulfide) groups is 1. The number of carboxylic acid groups (broad SMARTS) is 1. The van der Waals surface area contributed by atoms with E-state index in [1.807, 2.05) is 13.2 Å². The van der Waals surface area contributed by atoms with Crippen molar-refractivity contribution in [2.75, 3.05) is 24.4 Å². The standard InChI is InChI=1S/C13H17BrN2O3S/c1-8(7-20-3)16(2)13(19)15-11-5-4-9(14)6-10(11)12(17)18/h4-6,8H,7H2,1-3H3,(H,15,19)(H,17,18). The fourth-order valence-electron chi connectivity index (χ4n) is 1.56. The summed E-state index contributed by atoms with van der Waals surface area (Å²) in [4.78, 5) is 24.8. The van der Waals surface area contributed by atoms with Crippen molar-refractivity contribution in [2.24, 2.45) is 0 Å². The van der Waals surface area contributed by atoms with E-state index in [2.05, 4.69) is 21.2 Å². The average molecular weight is 361 g/mol. The monoisotopic (exact) mass is 360 g/mol. The van der Waals surface area contributed by atoms with E-state index in [9.17, 15) is 9.59 Å². The zero-order valence-electron chi connectivity index (χ0n) is 11.5. The van der Waals surface area contributed by atoms with Gasteiger partial charge in [0.2, 0.25) is 0 Å². The number of rotatable bonds is 5. The molecule has 7 heteroatoms. The number of carbonyl (C=O) groups excluding carboxylic acids is 1. The topological polar surface area (TPSA) is 69.6 Å². The van der Waals surface area contributed by atoms with Gasteiger partial charge in [0.05, 0.1) is 11.3 Å². The predicted molar refractivity (Wildman–Crippen MR) is 85.7 cm³/mol. The summed E-state index contributed by atoms with van der Waals surface area (Å²) >= 11 is 4.86. The van der Waals surface area contributed by atoms with Gasteiger partial charge in [0.25, 0.3) is 0 Å². The van der Waals surface area contributed by atoms with Gasteiger partial charge >= 0.3 is 12.0 Å². The molecule has 20 heavy (non-hydrogen) atoms. The lowest BCUT2D eigenvalue weighted by molar-refractivity contribution is 0.0698. The fraction of sp³-hybridized carbons (Fsp3) is 0.385. The Bertz CT molecular complexity index is 510. The number of carbonyl (C=O) groups is 2. The molecule has 0 radical (unpaired) electrons. The highest BCUT2D eigenvalue weighted by atomic mass is 79.9. The average Bonchev–Trinajstić information content (AvgIpc) is 2.39. The zero-order chi connectivity index (χ0) is 15.3. The van der Waals surface area contributed by atoms with Crippen LogP contribution in [0.1, 0.15) is 17.3 Å². The summed E-state index contributed by atoms with van der Waals surface area (Å²) in [5, 5.41) is 11.8. The molecule has 1 rings (SSSR count). The minimum absolute atomic E-state index is 0.0543. The number of benzene rings is 1. The number of carboxylic acids is 1. The summed E-state index contributed by atoms with van der Waals surface area (Å²) in [6.45, 7) is 1.94. The van der Waals surface area contributed by atoms with E-state index < -0.39 is 5.97 Å². The lowest BCUT2D eigenvalue weighted by Crippen LogP contribution is -2.39. The Kier molecular flexibility index (Phi) is 6.35.